The molecule has 0 fully saturated rings. The molecule has 1 aromatic heterocycles. The molecule has 0 saturated heterocycles. The van der Waals surface area contributed by atoms with Crippen LogP contribution in [0.3, 0.4) is 0 Å². The summed E-state index contributed by atoms with van der Waals surface area (Å²) in [5.74, 6) is -1.79. The summed E-state index contributed by atoms with van der Waals surface area (Å²) in [4.78, 5) is 35.8. The van der Waals surface area contributed by atoms with Crippen LogP contribution >= 0.6 is 0 Å². The van der Waals surface area contributed by atoms with Crippen molar-refractivity contribution in [3.63, 3.8) is 0 Å². The number of amides is 2. The lowest BCUT2D eigenvalue weighted by Gasteiger charge is -2.14. The second kappa shape index (κ2) is 9.62. The van der Waals surface area contributed by atoms with Crippen LogP contribution in [0.5, 0.6) is 0 Å². The van der Waals surface area contributed by atoms with Crippen LogP contribution in [0.1, 0.15) is 34.3 Å². The minimum atomic E-state index is -1.19. The van der Waals surface area contributed by atoms with Crippen LogP contribution in [-0.4, -0.2) is 46.0 Å². The number of carbonyl (C=O) groups is 3. The topological polar surface area (TPSA) is 123 Å². The first kappa shape index (κ1) is 22.8. The van der Waals surface area contributed by atoms with Gasteiger partial charge >= 0.3 is 12.1 Å². The van der Waals surface area contributed by atoms with Crippen molar-refractivity contribution in [2.24, 2.45) is 7.05 Å². The van der Waals surface area contributed by atoms with Gasteiger partial charge in [-0.1, -0.05) is 54.6 Å². The van der Waals surface area contributed by atoms with Crippen molar-refractivity contribution in [3.8, 4) is 11.1 Å². The Balaban J connectivity index is 1.31. The van der Waals surface area contributed by atoms with E-state index in [1.807, 2.05) is 36.4 Å². The number of aromatic carboxylic acids is 1. The first-order valence-corrected chi connectivity index (χ1v) is 10.7. The molecule has 3 N–H and O–H groups in total. The molecule has 174 valence electrons. The number of aromatic nitrogens is 2. The summed E-state index contributed by atoms with van der Waals surface area (Å²) in [6, 6.07) is 16.2. The molecule has 9 heteroatoms. The molecule has 2 aromatic carbocycles. The van der Waals surface area contributed by atoms with E-state index in [0.29, 0.717) is 5.57 Å². The molecule has 3 aromatic rings. The van der Waals surface area contributed by atoms with Gasteiger partial charge in [0.05, 0.1) is 0 Å². The first-order valence-electron chi connectivity index (χ1n) is 10.7. The van der Waals surface area contributed by atoms with Gasteiger partial charge in [0.25, 0.3) is 5.91 Å². The molecule has 0 aliphatic heterocycles. The van der Waals surface area contributed by atoms with Crippen molar-refractivity contribution in [1.82, 2.24) is 15.1 Å². The Morgan fingerprint density at radius 1 is 1.09 bits per heavy atom. The Bertz CT molecular complexity index is 1250. The number of hydrogen-bond donors (Lipinski definition) is 3. The van der Waals surface area contributed by atoms with Crippen molar-refractivity contribution in [3.05, 3.63) is 83.1 Å². The Kier molecular flexibility index (Phi) is 6.44. The lowest BCUT2D eigenvalue weighted by Crippen LogP contribution is -2.27. The average Bonchev–Trinajstić information content (AvgIpc) is 3.35. The van der Waals surface area contributed by atoms with E-state index in [4.69, 9.17) is 4.74 Å². The predicted molar refractivity (Wildman–Crippen MR) is 126 cm³/mol. The molecule has 2 amide bonds. The fourth-order valence-electron chi connectivity index (χ4n) is 3.97. The van der Waals surface area contributed by atoms with E-state index in [9.17, 15) is 19.5 Å². The van der Waals surface area contributed by atoms with Crippen LogP contribution < -0.4 is 10.6 Å². The molecule has 1 aliphatic rings. The van der Waals surface area contributed by atoms with E-state index in [0.717, 1.165) is 22.3 Å². The number of fused-ring (bicyclic) bond motifs is 3. The number of carboxylic acids is 1. The second-order valence-corrected chi connectivity index (χ2v) is 7.92. The highest BCUT2D eigenvalue weighted by molar-refractivity contribution is 6.06. The lowest BCUT2D eigenvalue weighted by molar-refractivity contribution is -0.112. The number of hydrogen-bond acceptors (Lipinski definition) is 5. The fraction of sp³-hybridized carbons (Fsp3) is 0.200. The summed E-state index contributed by atoms with van der Waals surface area (Å²) >= 11 is 0. The summed E-state index contributed by atoms with van der Waals surface area (Å²) in [5, 5.41) is 18.2. The Morgan fingerprint density at radius 2 is 1.71 bits per heavy atom. The molecule has 0 bridgehead atoms. The first-order chi connectivity index (χ1) is 16.3. The third-order valence-corrected chi connectivity index (χ3v) is 5.65. The molecular formula is C25H24N4O5. The quantitative estimate of drug-likeness (QED) is 0.464. The monoisotopic (exact) mass is 460 g/mol. The van der Waals surface area contributed by atoms with E-state index in [1.165, 1.54) is 17.0 Å². The lowest BCUT2D eigenvalue weighted by atomic mass is 9.98. The van der Waals surface area contributed by atoms with Gasteiger partial charge in [0, 0.05) is 31.3 Å². The number of nitrogens with one attached hydrogen (secondary N) is 2. The van der Waals surface area contributed by atoms with Crippen LogP contribution in [0, 0.1) is 0 Å². The molecule has 4 rings (SSSR count). The van der Waals surface area contributed by atoms with Gasteiger partial charge in [-0.3, -0.25) is 9.48 Å². The van der Waals surface area contributed by atoms with Crippen LogP contribution in [0.25, 0.3) is 11.1 Å². The van der Waals surface area contributed by atoms with E-state index in [1.54, 1.807) is 14.0 Å². The van der Waals surface area contributed by atoms with Gasteiger partial charge in [-0.05, 0) is 29.2 Å². The number of aryl methyl sites for hydroxylation is 1. The van der Waals surface area contributed by atoms with Crippen molar-refractivity contribution >= 4 is 23.8 Å². The van der Waals surface area contributed by atoms with Crippen molar-refractivity contribution in [2.75, 3.05) is 18.5 Å². The van der Waals surface area contributed by atoms with Crippen LogP contribution in [0.4, 0.5) is 10.6 Å². The highest BCUT2D eigenvalue weighted by atomic mass is 16.5. The maximum Gasteiger partial charge on any atom is 0.407 e. The van der Waals surface area contributed by atoms with Gasteiger partial charge in [0.15, 0.2) is 5.82 Å². The Labute approximate surface area is 196 Å². The standard InChI is InChI=1S/C25H24N4O5/c1-15(23(30)27-22-20(24(31)32)13-29(2)28-22)11-12-26-25(33)34-14-21-18-9-5-3-7-16(18)17-8-4-6-10-19(17)21/h3-11,13,21H,12,14H2,1-2H3,(H,26,33)(H,31,32)(H,27,28,30)/b15-11+. The van der Waals surface area contributed by atoms with Crippen LogP contribution in [0.2, 0.25) is 0 Å². The molecule has 0 atom stereocenters. The number of benzene rings is 2. The molecule has 0 saturated carbocycles. The maximum absolute atomic E-state index is 12.3. The number of rotatable bonds is 7. The minimum Gasteiger partial charge on any atom is -0.477 e. The summed E-state index contributed by atoms with van der Waals surface area (Å²) in [6.45, 7) is 1.82. The number of anilines is 1. The molecule has 9 nitrogen and oxygen atoms in total. The summed E-state index contributed by atoms with van der Waals surface area (Å²) in [6.07, 6.45) is 2.22. The van der Waals surface area contributed by atoms with Gasteiger partial charge in [-0.25, -0.2) is 9.59 Å². The van der Waals surface area contributed by atoms with Crippen molar-refractivity contribution < 1.29 is 24.2 Å². The zero-order valence-electron chi connectivity index (χ0n) is 18.7. The smallest absolute Gasteiger partial charge is 0.407 e. The van der Waals surface area contributed by atoms with Gasteiger partial charge in [-0.2, -0.15) is 5.10 Å². The average molecular weight is 460 g/mol. The van der Waals surface area contributed by atoms with E-state index in [2.05, 4.69) is 27.9 Å². The van der Waals surface area contributed by atoms with E-state index >= 15 is 0 Å². The Hall–Kier alpha value is -4.40. The van der Waals surface area contributed by atoms with Gasteiger partial charge in [0.2, 0.25) is 0 Å². The predicted octanol–water partition coefficient (Wildman–Crippen LogP) is 3.54. The number of carbonyl (C=O) groups excluding carboxylic acids is 2. The van der Waals surface area contributed by atoms with E-state index in [-0.39, 0.29) is 30.5 Å². The van der Waals surface area contributed by atoms with Gasteiger partial charge in [0.1, 0.15) is 12.2 Å². The van der Waals surface area contributed by atoms with Crippen LogP contribution in [0.15, 0.2) is 66.4 Å². The summed E-state index contributed by atoms with van der Waals surface area (Å²) in [7, 11) is 1.56. The minimum absolute atomic E-state index is 0.0389. The van der Waals surface area contributed by atoms with Crippen molar-refractivity contribution in [2.45, 2.75) is 12.8 Å². The zero-order chi connectivity index (χ0) is 24.2. The van der Waals surface area contributed by atoms with Crippen molar-refractivity contribution in [1.29, 1.82) is 0 Å². The highest BCUT2D eigenvalue weighted by Crippen LogP contribution is 2.44. The van der Waals surface area contributed by atoms with Crippen LogP contribution in [-0.2, 0) is 16.6 Å². The Morgan fingerprint density at radius 3 is 2.32 bits per heavy atom. The third-order valence-electron chi connectivity index (χ3n) is 5.65. The normalized spacial score (nSPS) is 12.6. The molecule has 0 spiro atoms. The van der Waals surface area contributed by atoms with Gasteiger partial charge < -0.3 is 20.5 Å². The number of ether oxygens (including phenoxy) is 1. The second-order valence-electron chi connectivity index (χ2n) is 7.92. The largest absolute Gasteiger partial charge is 0.477 e. The molecule has 0 radical (unpaired) electrons. The molecular weight excluding hydrogens is 436 g/mol. The third kappa shape index (κ3) is 4.68. The number of nitrogens with zero attached hydrogens (tertiary/aromatic N) is 2. The van der Waals surface area contributed by atoms with Gasteiger partial charge in [-0.15, -0.1) is 0 Å². The highest BCUT2D eigenvalue weighted by Gasteiger charge is 2.29. The number of carboxylic acid groups (broad SMARTS) is 1. The summed E-state index contributed by atoms with van der Waals surface area (Å²) in [5.41, 5.74) is 4.73. The molecule has 34 heavy (non-hydrogen) atoms. The maximum atomic E-state index is 12.3. The molecule has 0 unspecified atom stereocenters. The molecule has 1 heterocycles. The SMILES string of the molecule is C/C(=C\CNC(=O)OCC1c2ccccc2-c2ccccc21)C(=O)Nc1nn(C)cc1C(=O)O. The van der Waals surface area contributed by atoms with E-state index < -0.39 is 18.0 Å². The summed E-state index contributed by atoms with van der Waals surface area (Å²) < 4.78 is 6.77. The zero-order valence-corrected chi connectivity index (χ0v) is 18.7. The fourth-order valence-corrected chi connectivity index (χ4v) is 3.97. The number of alkyl carbamates (subject to hydrolysis) is 1. The molecule has 1 aliphatic carbocycles.